The molecule has 1 aromatic carbocycles. The molecule has 0 radical (unpaired) electrons. The molecule has 2 heterocycles. The lowest BCUT2D eigenvalue weighted by Crippen LogP contribution is -2.24. The second-order valence-corrected chi connectivity index (χ2v) is 6.33. The average Bonchev–Trinajstić information content (AvgIpc) is 3.15. The molecule has 0 aliphatic carbocycles. The largest absolute Gasteiger partial charge is 0.407 e. The molecule has 2 aromatic rings. The van der Waals surface area contributed by atoms with Crippen LogP contribution in [0.5, 0.6) is 0 Å². The number of carbonyl (C=O) groups is 2. The summed E-state index contributed by atoms with van der Waals surface area (Å²) in [4.78, 5) is 25.7. The molecule has 1 N–H and O–H groups in total. The van der Waals surface area contributed by atoms with E-state index in [1.807, 2.05) is 31.2 Å². The van der Waals surface area contributed by atoms with Gasteiger partial charge in [-0.15, -0.1) is 5.10 Å². The third-order valence-electron chi connectivity index (χ3n) is 4.02. The van der Waals surface area contributed by atoms with E-state index in [0.717, 1.165) is 11.3 Å². The Labute approximate surface area is 140 Å². The second-order valence-electron chi connectivity index (χ2n) is 6.33. The lowest BCUT2D eigenvalue weighted by atomic mass is 10.1. The van der Waals surface area contributed by atoms with Crippen LogP contribution in [-0.2, 0) is 9.59 Å². The smallest absolute Gasteiger partial charge is 0.322 e. The van der Waals surface area contributed by atoms with Crippen LogP contribution in [0.15, 0.2) is 28.7 Å². The number of aryl methyl sites for hydroxylation is 1. The summed E-state index contributed by atoms with van der Waals surface area (Å²) in [6, 6.07) is 7.88. The summed E-state index contributed by atoms with van der Waals surface area (Å²) in [5, 5.41) is 10.4. The van der Waals surface area contributed by atoms with E-state index in [1.54, 1.807) is 18.7 Å². The van der Waals surface area contributed by atoms with Gasteiger partial charge in [0.15, 0.2) is 0 Å². The minimum absolute atomic E-state index is 0.0230. The molecule has 1 aliphatic rings. The maximum absolute atomic E-state index is 12.3. The molecule has 0 unspecified atom stereocenters. The van der Waals surface area contributed by atoms with Crippen molar-refractivity contribution in [2.24, 2.45) is 5.92 Å². The first-order valence-electron chi connectivity index (χ1n) is 7.95. The van der Waals surface area contributed by atoms with Crippen molar-refractivity contribution in [1.29, 1.82) is 0 Å². The van der Waals surface area contributed by atoms with Crippen molar-refractivity contribution < 1.29 is 14.0 Å². The van der Waals surface area contributed by atoms with Gasteiger partial charge in [0.1, 0.15) is 0 Å². The molecule has 0 bridgehead atoms. The number of amides is 2. The molecule has 1 aliphatic heterocycles. The molecular weight excluding hydrogens is 308 g/mol. The summed E-state index contributed by atoms with van der Waals surface area (Å²) in [5.41, 5.74) is 2.00. The fraction of sp³-hybridized carbons (Fsp3) is 0.412. The predicted molar refractivity (Wildman–Crippen MR) is 88.7 cm³/mol. The zero-order valence-corrected chi connectivity index (χ0v) is 13.9. The Morgan fingerprint density at radius 1 is 1.29 bits per heavy atom. The highest BCUT2D eigenvalue weighted by Gasteiger charge is 2.35. The normalized spacial score (nSPS) is 17.6. The third kappa shape index (κ3) is 3.29. The number of aromatic nitrogens is 2. The molecule has 7 nitrogen and oxygen atoms in total. The number of hydrogen-bond donors (Lipinski definition) is 1. The average molecular weight is 328 g/mol. The van der Waals surface area contributed by atoms with Crippen LogP contribution in [0.4, 0.5) is 11.7 Å². The van der Waals surface area contributed by atoms with Crippen LogP contribution in [0.2, 0.25) is 0 Å². The van der Waals surface area contributed by atoms with E-state index in [9.17, 15) is 9.59 Å². The minimum atomic E-state index is -0.186. The zero-order valence-electron chi connectivity index (χ0n) is 13.9. The SMILES string of the molecule is Cc1ccc(N2C[C@@H](c3nnc(NC(=O)C(C)C)o3)CC2=O)cc1. The standard InChI is InChI=1S/C17H20N4O3/c1-10(2)15(23)18-17-20-19-16(24-17)12-8-14(22)21(9-12)13-6-4-11(3)5-7-13/h4-7,10,12H,8-9H2,1-3H3,(H,18,20,23)/t12-/m0/s1. The zero-order chi connectivity index (χ0) is 17.3. The molecule has 1 atom stereocenters. The van der Waals surface area contributed by atoms with Crippen LogP contribution in [-0.4, -0.2) is 28.6 Å². The van der Waals surface area contributed by atoms with Crippen molar-refractivity contribution in [3.63, 3.8) is 0 Å². The molecule has 1 fully saturated rings. The molecular formula is C17H20N4O3. The Balaban J connectivity index is 1.71. The Hall–Kier alpha value is -2.70. The molecule has 24 heavy (non-hydrogen) atoms. The first-order valence-corrected chi connectivity index (χ1v) is 7.95. The van der Waals surface area contributed by atoms with Gasteiger partial charge in [-0.05, 0) is 19.1 Å². The van der Waals surface area contributed by atoms with E-state index in [0.29, 0.717) is 18.9 Å². The summed E-state index contributed by atoms with van der Waals surface area (Å²) in [6.07, 6.45) is 0.313. The van der Waals surface area contributed by atoms with E-state index in [1.165, 1.54) is 0 Å². The first kappa shape index (κ1) is 16.2. The van der Waals surface area contributed by atoms with Crippen molar-refractivity contribution in [3.05, 3.63) is 35.7 Å². The van der Waals surface area contributed by atoms with Gasteiger partial charge in [-0.3, -0.25) is 14.9 Å². The summed E-state index contributed by atoms with van der Waals surface area (Å²) >= 11 is 0. The van der Waals surface area contributed by atoms with Crippen molar-refractivity contribution >= 4 is 23.5 Å². The summed E-state index contributed by atoms with van der Waals surface area (Å²) in [6.45, 7) is 6.05. The van der Waals surface area contributed by atoms with Gasteiger partial charge in [-0.25, -0.2) is 0 Å². The van der Waals surface area contributed by atoms with E-state index in [4.69, 9.17) is 4.42 Å². The van der Waals surface area contributed by atoms with Gasteiger partial charge in [0, 0.05) is 24.6 Å². The predicted octanol–water partition coefficient (Wildman–Crippen LogP) is 2.49. The van der Waals surface area contributed by atoms with Crippen LogP contribution in [0.25, 0.3) is 0 Å². The number of hydrogen-bond acceptors (Lipinski definition) is 5. The molecule has 0 spiro atoms. The molecule has 126 valence electrons. The molecule has 3 rings (SSSR count). The number of nitrogens with one attached hydrogen (secondary N) is 1. The van der Waals surface area contributed by atoms with Crippen molar-refractivity contribution in [2.45, 2.75) is 33.1 Å². The molecule has 1 aromatic heterocycles. The fourth-order valence-electron chi connectivity index (χ4n) is 2.55. The molecule has 1 saturated heterocycles. The number of carbonyl (C=O) groups excluding carboxylic acids is 2. The van der Waals surface area contributed by atoms with Gasteiger partial charge >= 0.3 is 6.01 Å². The lowest BCUT2D eigenvalue weighted by molar-refractivity contribution is -0.119. The van der Waals surface area contributed by atoms with Crippen molar-refractivity contribution in [3.8, 4) is 0 Å². The topological polar surface area (TPSA) is 88.3 Å². The Bertz CT molecular complexity index is 751. The minimum Gasteiger partial charge on any atom is -0.407 e. The highest BCUT2D eigenvalue weighted by Crippen LogP contribution is 2.31. The van der Waals surface area contributed by atoms with E-state index < -0.39 is 0 Å². The van der Waals surface area contributed by atoms with Gasteiger partial charge in [0.05, 0.1) is 5.92 Å². The van der Waals surface area contributed by atoms with E-state index in [2.05, 4.69) is 15.5 Å². The fourth-order valence-corrected chi connectivity index (χ4v) is 2.55. The van der Waals surface area contributed by atoms with Gasteiger partial charge in [0.25, 0.3) is 0 Å². The maximum Gasteiger partial charge on any atom is 0.322 e. The lowest BCUT2D eigenvalue weighted by Gasteiger charge is -2.16. The van der Waals surface area contributed by atoms with Crippen molar-refractivity contribution in [2.75, 3.05) is 16.8 Å². The molecule has 0 saturated carbocycles. The highest BCUT2D eigenvalue weighted by atomic mass is 16.4. The van der Waals surface area contributed by atoms with Crippen LogP contribution in [0.3, 0.4) is 0 Å². The summed E-state index contributed by atoms with van der Waals surface area (Å²) in [7, 11) is 0. The number of anilines is 2. The van der Waals surface area contributed by atoms with Gasteiger partial charge in [-0.1, -0.05) is 36.6 Å². The van der Waals surface area contributed by atoms with E-state index in [-0.39, 0.29) is 29.7 Å². The summed E-state index contributed by atoms with van der Waals surface area (Å²) in [5.74, 6) is -0.137. The van der Waals surface area contributed by atoms with Gasteiger partial charge < -0.3 is 9.32 Å². The van der Waals surface area contributed by atoms with Crippen LogP contribution in [0, 0.1) is 12.8 Å². The van der Waals surface area contributed by atoms with Crippen molar-refractivity contribution in [1.82, 2.24) is 10.2 Å². The monoisotopic (exact) mass is 328 g/mol. The Morgan fingerprint density at radius 2 is 2.00 bits per heavy atom. The molecule has 7 heteroatoms. The third-order valence-corrected chi connectivity index (χ3v) is 4.02. The van der Waals surface area contributed by atoms with Gasteiger partial charge in [-0.2, -0.15) is 0 Å². The second kappa shape index (κ2) is 6.43. The van der Waals surface area contributed by atoms with E-state index >= 15 is 0 Å². The van der Waals surface area contributed by atoms with Crippen LogP contribution in [0.1, 0.15) is 37.6 Å². The Kier molecular flexibility index (Phi) is 4.33. The highest BCUT2D eigenvalue weighted by molar-refractivity contribution is 5.96. The van der Waals surface area contributed by atoms with Crippen LogP contribution >= 0.6 is 0 Å². The molecule has 2 amide bonds. The quantitative estimate of drug-likeness (QED) is 0.931. The number of benzene rings is 1. The summed E-state index contributed by atoms with van der Waals surface area (Å²) < 4.78 is 5.51. The maximum atomic E-state index is 12.3. The first-order chi connectivity index (χ1) is 11.4. The Morgan fingerprint density at radius 3 is 2.67 bits per heavy atom. The number of nitrogens with zero attached hydrogens (tertiary/aromatic N) is 3. The van der Waals surface area contributed by atoms with Gasteiger partial charge in [0.2, 0.25) is 17.7 Å². The van der Waals surface area contributed by atoms with Crippen LogP contribution < -0.4 is 10.2 Å². The number of rotatable bonds is 4.